The molecule has 2 heterocycles. The molecule has 6 nitrogen and oxygen atoms in total. The maximum absolute atomic E-state index is 12.9. The monoisotopic (exact) mass is 427 g/mol. The first kappa shape index (κ1) is 21.6. The normalized spacial score (nSPS) is 21.1. The SMILES string of the molecule is C[C@@H](C(=O)Nc1cc(S(=O)(=O)N2CCCCC2)ccc1Cl)N1CCCCCC1. The van der Waals surface area contributed by atoms with E-state index in [4.69, 9.17) is 11.6 Å². The highest BCUT2D eigenvalue weighted by atomic mass is 35.5. The van der Waals surface area contributed by atoms with Gasteiger partial charge in [-0.05, 0) is 63.9 Å². The topological polar surface area (TPSA) is 69.7 Å². The van der Waals surface area contributed by atoms with Crippen molar-refractivity contribution in [1.82, 2.24) is 9.21 Å². The summed E-state index contributed by atoms with van der Waals surface area (Å²) in [6, 6.07) is 4.26. The number of nitrogens with zero attached hydrogens (tertiary/aromatic N) is 2. The molecule has 2 aliphatic rings. The summed E-state index contributed by atoms with van der Waals surface area (Å²) >= 11 is 6.26. The van der Waals surface area contributed by atoms with Crippen LogP contribution in [0.2, 0.25) is 5.02 Å². The molecule has 156 valence electrons. The third kappa shape index (κ3) is 5.06. The van der Waals surface area contributed by atoms with E-state index in [1.165, 1.54) is 29.3 Å². The summed E-state index contributed by atoms with van der Waals surface area (Å²) in [4.78, 5) is 15.1. The summed E-state index contributed by atoms with van der Waals surface area (Å²) in [5.41, 5.74) is 0.353. The zero-order valence-electron chi connectivity index (χ0n) is 16.5. The zero-order chi connectivity index (χ0) is 20.1. The van der Waals surface area contributed by atoms with E-state index in [0.717, 1.165) is 45.2 Å². The number of carbonyl (C=O) groups is 1. The molecule has 1 aromatic carbocycles. The Hall–Kier alpha value is -1.15. The van der Waals surface area contributed by atoms with Crippen LogP contribution in [-0.4, -0.2) is 55.8 Å². The van der Waals surface area contributed by atoms with Crippen LogP contribution in [-0.2, 0) is 14.8 Å². The number of hydrogen-bond donors (Lipinski definition) is 1. The lowest BCUT2D eigenvalue weighted by molar-refractivity contribution is -0.120. The van der Waals surface area contributed by atoms with E-state index in [1.807, 2.05) is 6.92 Å². The minimum atomic E-state index is -3.57. The first-order valence-corrected chi connectivity index (χ1v) is 12.1. The van der Waals surface area contributed by atoms with Gasteiger partial charge in [0, 0.05) is 13.1 Å². The number of hydrogen-bond acceptors (Lipinski definition) is 4. The highest BCUT2D eigenvalue weighted by molar-refractivity contribution is 7.89. The first-order chi connectivity index (χ1) is 13.4. The van der Waals surface area contributed by atoms with E-state index in [9.17, 15) is 13.2 Å². The molecule has 8 heteroatoms. The summed E-state index contributed by atoms with van der Waals surface area (Å²) in [7, 11) is -3.57. The molecule has 0 aromatic heterocycles. The lowest BCUT2D eigenvalue weighted by Gasteiger charge is -2.27. The van der Waals surface area contributed by atoms with E-state index in [2.05, 4.69) is 10.2 Å². The summed E-state index contributed by atoms with van der Waals surface area (Å²) in [5.74, 6) is -0.156. The van der Waals surface area contributed by atoms with Gasteiger partial charge >= 0.3 is 0 Å². The molecule has 3 rings (SSSR count). The standard InChI is InChI=1S/C20H30ClN3O3S/c1-16(23-11-5-2-3-6-12-23)20(25)22-19-15-17(9-10-18(19)21)28(26,27)24-13-7-4-8-14-24/h9-10,15-16H,2-8,11-14H2,1H3,(H,22,25)/t16-/m0/s1. The fourth-order valence-corrected chi connectivity index (χ4v) is 5.61. The number of halogens is 1. The van der Waals surface area contributed by atoms with Crippen LogP contribution >= 0.6 is 11.6 Å². The van der Waals surface area contributed by atoms with Crippen molar-refractivity contribution in [2.24, 2.45) is 0 Å². The van der Waals surface area contributed by atoms with Crippen LogP contribution in [0.15, 0.2) is 23.1 Å². The number of piperidine rings is 1. The summed E-state index contributed by atoms with van der Waals surface area (Å²) in [5, 5.41) is 3.19. The maximum atomic E-state index is 12.9. The van der Waals surface area contributed by atoms with Gasteiger partial charge in [-0.15, -0.1) is 0 Å². The van der Waals surface area contributed by atoms with Gasteiger partial charge < -0.3 is 5.32 Å². The Bertz CT molecular complexity index is 786. The molecule has 2 aliphatic heterocycles. The fourth-order valence-electron chi connectivity index (χ4n) is 3.90. The number of sulfonamides is 1. The minimum Gasteiger partial charge on any atom is -0.323 e. The zero-order valence-corrected chi connectivity index (χ0v) is 18.1. The van der Waals surface area contributed by atoms with Crippen molar-refractivity contribution in [3.8, 4) is 0 Å². The molecule has 0 radical (unpaired) electrons. The Kier molecular flexibility index (Phi) is 7.36. The van der Waals surface area contributed by atoms with E-state index in [-0.39, 0.29) is 16.8 Å². The number of rotatable bonds is 5. The van der Waals surface area contributed by atoms with Gasteiger partial charge in [-0.3, -0.25) is 9.69 Å². The molecule has 0 unspecified atom stereocenters. The molecular weight excluding hydrogens is 398 g/mol. The molecule has 1 amide bonds. The van der Waals surface area contributed by atoms with Crippen molar-refractivity contribution < 1.29 is 13.2 Å². The predicted molar refractivity (Wildman–Crippen MR) is 112 cm³/mol. The van der Waals surface area contributed by atoms with Gasteiger partial charge in [0.1, 0.15) is 0 Å². The fraction of sp³-hybridized carbons (Fsp3) is 0.650. The molecule has 0 spiro atoms. The molecule has 1 atom stereocenters. The quantitative estimate of drug-likeness (QED) is 0.777. The smallest absolute Gasteiger partial charge is 0.243 e. The van der Waals surface area contributed by atoms with Crippen molar-refractivity contribution in [3.63, 3.8) is 0 Å². The highest BCUT2D eigenvalue weighted by Gasteiger charge is 2.27. The van der Waals surface area contributed by atoms with Crippen molar-refractivity contribution in [2.75, 3.05) is 31.5 Å². The van der Waals surface area contributed by atoms with Gasteiger partial charge in [0.05, 0.1) is 21.6 Å². The largest absolute Gasteiger partial charge is 0.323 e. The second kappa shape index (κ2) is 9.57. The van der Waals surface area contributed by atoms with Crippen LogP contribution in [0, 0.1) is 0 Å². The summed E-state index contributed by atoms with van der Waals surface area (Å²) in [6.45, 7) is 4.79. The third-order valence-electron chi connectivity index (χ3n) is 5.72. The van der Waals surface area contributed by atoms with Crippen LogP contribution in [0.5, 0.6) is 0 Å². The number of likely N-dealkylation sites (tertiary alicyclic amines) is 1. The Morgan fingerprint density at radius 2 is 1.57 bits per heavy atom. The Morgan fingerprint density at radius 1 is 1.00 bits per heavy atom. The number of anilines is 1. The van der Waals surface area contributed by atoms with E-state index in [1.54, 1.807) is 6.07 Å². The molecule has 2 saturated heterocycles. The van der Waals surface area contributed by atoms with Gasteiger partial charge in [0.15, 0.2) is 0 Å². The molecule has 2 fully saturated rings. The van der Waals surface area contributed by atoms with Crippen LogP contribution in [0.25, 0.3) is 0 Å². The number of benzene rings is 1. The highest BCUT2D eigenvalue weighted by Crippen LogP contribution is 2.28. The molecular formula is C20H30ClN3O3S. The second-order valence-corrected chi connectivity index (χ2v) is 10.1. The number of amides is 1. The van der Waals surface area contributed by atoms with E-state index in [0.29, 0.717) is 23.8 Å². The Morgan fingerprint density at radius 3 is 2.21 bits per heavy atom. The van der Waals surface area contributed by atoms with Gasteiger partial charge in [0.2, 0.25) is 15.9 Å². The van der Waals surface area contributed by atoms with Crippen molar-refractivity contribution in [2.45, 2.75) is 62.8 Å². The second-order valence-electron chi connectivity index (χ2n) is 7.72. The Balaban J connectivity index is 1.74. The van der Waals surface area contributed by atoms with E-state index >= 15 is 0 Å². The van der Waals surface area contributed by atoms with Crippen molar-refractivity contribution >= 4 is 33.2 Å². The minimum absolute atomic E-state index is 0.156. The van der Waals surface area contributed by atoms with Gasteiger partial charge in [-0.2, -0.15) is 4.31 Å². The Labute approximate surface area is 173 Å². The van der Waals surface area contributed by atoms with Crippen molar-refractivity contribution in [3.05, 3.63) is 23.2 Å². The average Bonchev–Trinajstić information content (AvgIpc) is 2.99. The lowest BCUT2D eigenvalue weighted by atomic mass is 10.2. The first-order valence-electron chi connectivity index (χ1n) is 10.2. The molecule has 0 aliphatic carbocycles. The average molecular weight is 428 g/mol. The van der Waals surface area contributed by atoms with Gasteiger partial charge in [0.25, 0.3) is 0 Å². The lowest BCUT2D eigenvalue weighted by Crippen LogP contribution is -2.42. The predicted octanol–water partition coefficient (Wildman–Crippen LogP) is 3.72. The molecule has 28 heavy (non-hydrogen) atoms. The number of carbonyl (C=O) groups excluding carboxylic acids is 1. The maximum Gasteiger partial charge on any atom is 0.243 e. The van der Waals surface area contributed by atoms with Crippen LogP contribution in [0.1, 0.15) is 51.9 Å². The van der Waals surface area contributed by atoms with Crippen LogP contribution in [0.4, 0.5) is 5.69 Å². The van der Waals surface area contributed by atoms with E-state index < -0.39 is 10.0 Å². The van der Waals surface area contributed by atoms with Gasteiger partial charge in [-0.25, -0.2) is 8.42 Å². The molecule has 0 bridgehead atoms. The molecule has 1 N–H and O–H groups in total. The van der Waals surface area contributed by atoms with Crippen molar-refractivity contribution in [1.29, 1.82) is 0 Å². The third-order valence-corrected chi connectivity index (χ3v) is 7.94. The summed E-state index contributed by atoms with van der Waals surface area (Å²) in [6.07, 6.45) is 7.42. The van der Waals surface area contributed by atoms with Crippen LogP contribution in [0.3, 0.4) is 0 Å². The van der Waals surface area contributed by atoms with Crippen LogP contribution < -0.4 is 5.32 Å². The summed E-state index contributed by atoms with van der Waals surface area (Å²) < 4.78 is 27.4. The van der Waals surface area contributed by atoms with Gasteiger partial charge in [-0.1, -0.05) is 30.9 Å². The number of nitrogens with one attached hydrogen (secondary N) is 1. The molecule has 1 aromatic rings. The molecule has 0 saturated carbocycles.